The zero-order valence-electron chi connectivity index (χ0n) is 12.3. The maximum atomic E-state index is 4.43. The van der Waals surface area contributed by atoms with Crippen LogP contribution in [0.25, 0.3) is 0 Å². The first-order valence-corrected chi connectivity index (χ1v) is 6.88. The Kier molecular flexibility index (Phi) is 4.38. The topological polar surface area (TPSA) is 29.9 Å². The molecule has 19 heavy (non-hydrogen) atoms. The maximum absolute atomic E-state index is 4.43. The number of aryl methyl sites for hydroxylation is 3. The lowest BCUT2D eigenvalue weighted by atomic mass is 9.99. The molecule has 1 unspecified atom stereocenters. The number of aromatic nitrogens is 2. The van der Waals surface area contributed by atoms with Crippen molar-refractivity contribution in [2.45, 2.75) is 33.2 Å². The molecule has 1 aromatic heterocycles. The summed E-state index contributed by atoms with van der Waals surface area (Å²) in [6.45, 7) is 7.41. The first-order valence-electron chi connectivity index (χ1n) is 6.88. The quantitative estimate of drug-likeness (QED) is 0.892. The molecule has 0 saturated heterocycles. The van der Waals surface area contributed by atoms with Gasteiger partial charge in [0.2, 0.25) is 0 Å². The van der Waals surface area contributed by atoms with Gasteiger partial charge in [0.1, 0.15) is 5.82 Å². The van der Waals surface area contributed by atoms with Crippen molar-refractivity contribution in [1.82, 2.24) is 14.9 Å². The summed E-state index contributed by atoms with van der Waals surface area (Å²) in [5, 5.41) is 3.57. The van der Waals surface area contributed by atoms with Crippen LogP contribution in [0.15, 0.2) is 30.6 Å². The SMILES string of the molecule is CCNC(Cc1nccn1C)c1cc(C)cc(C)c1. The van der Waals surface area contributed by atoms with Crippen molar-refractivity contribution in [2.75, 3.05) is 6.54 Å². The zero-order chi connectivity index (χ0) is 13.8. The van der Waals surface area contributed by atoms with E-state index in [0.29, 0.717) is 6.04 Å². The molecule has 102 valence electrons. The summed E-state index contributed by atoms with van der Waals surface area (Å²) in [6, 6.07) is 7.07. The van der Waals surface area contributed by atoms with Crippen LogP contribution in [0, 0.1) is 13.8 Å². The number of hydrogen-bond donors (Lipinski definition) is 1. The van der Waals surface area contributed by atoms with Gasteiger partial charge in [-0.3, -0.25) is 0 Å². The third-order valence-electron chi connectivity index (χ3n) is 3.40. The van der Waals surface area contributed by atoms with Crippen LogP contribution in [0.1, 0.15) is 35.5 Å². The normalized spacial score (nSPS) is 12.6. The highest BCUT2D eigenvalue weighted by Gasteiger charge is 2.14. The molecular formula is C16H23N3. The van der Waals surface area contributed by atoms with Gasteiger partial charge in [-0.1, -0.05) is 36.2 Å². The number of benzene rings is 1. The number of imidazole rings is 1. The molecule has 2 rings (SSSR count). The van der Waals surface area contributed by atoms with Gasteiger partial charge >= 0.3 is 0 Å². The first kappa shape index (κ1) is 13.8. The van der Waals surface area contributed by atoms with Crippen molar-refractivity contribution < 1.29 is 0 Å². The minimum atomic E-state index is 0.324. The standard InChI is InChI=1S/C16H23N3/c1-5-17-15(11-16-18-6-7-19(16)4)14-9-12(2)8-13(3)10-14/h6-10,15,17H,5,11H2,1-4H3. The van der Waals surface area contributed by atoms with Gasteiger partial charge in [0, 0.05) is 31.9 Å². The number of nitrogens with zero attached hydrogens (tertiary/aromatic N) is 2. The van der Waals surface area contributed by atoms with Crippen LogP contribution in [0.4, 0.5) is 0 Å². The Labute approximate surface area is 115 Å². The van der Waals surface area contributed by atoms with Gasteiger partial charge in [0.05, 0.1) is 0 Å². The Morgan fingerprint density at radius 3 is 2.42 bits per heavy atom. The van der Waals surface area contributed by atoms with Crippen molar-refractivity contribution >= 4 is 0 Å². The molecule has 0 aliphatic rings. The molecule has 2 aromatic rings. The van der Waals surface area contributed by atoms with Crippen LogP contribution in [-0.2, 0) is 13.5 Å². The van der Waals surface area contributed by atoms with E-state index in [4.69, 9.17) is 0 Å². The van der Waals surface area contributed by atoms with E-state index in [1.165, 1.54) is 16.7 Å². The molecular weight excluding hydrogens is 234 g/mol. The molecule has 0 saturated carbocycles. The summed E-state index contributed by atoms with van der Waals surface area (Å²) in [4.78, 5) is 4.43. The Morgan fingerprint density at radius 2 is 1.89 bits per heavy atom. The highest BCUT2D eigenvalue weighted by atomic mass is 15.0. The predicted octanol–water partition coefficient (Wildman–Crippen LogP) is 2.93. The fraction of sp³-hybridized carbons (Fsp3) is 0.438. The monoisotopic (exact) mass is 257 g/mol. The summed E-state index contributed by atoms with van der Waals surface area (Å²) in [6.07, 6.45) is 4.78. The lowest BCUT2D eigenvalue weighted by Gasteiger charge is -2.19. The highest BCUT2D eigenvalue weighted by Crippen LogP contribution is 2.20. The van der Waals surface area contributed by atoms with E-state index in [2.05, 4.69) is 53.8 Å². The molecule has 3 nitrogen and oxygen atoms in total. The average molecular weight is 257 g/mol. The third-order valence-corrected chi connectivity index (χ3v) is 3.40. The van der Waals surface area contributed by atoms with Gasteiger partial charge in [0.25, 0.3) is 0 Å². The summed E-state index contributed by atoms with van der Waals surface area (Å²) >= 11 is 0. The minimum absolute atomic E-state index is 0.324. The predicted molar refractivity (Wildman–Crippen MR) is 79.2 cm³/mol. The van der Waals surface area contributed by atoms with E-state index >= 15 is 0 Å². The Bertz CT molecular complexity index is 522. The molecule has 0 spiro atoms. The molecule has 0 aliphatic carbocycles. The van der Waals surface area contributed by atoms with E-state index in [1.807, 2.05) is 19.4 Å². The second-order valence-corrected chi connectivity index (χ2v) is 5.19. The van der Waals surface area contributed by atoms with Crippen molar-refractivity contribution in [1.29, 1.82) is 0 Å². The first-order chi connectivity index (χ1) is 9.10. The molecule has 0 aliphatic heterocycles. The van der Waals surface area contributed by atoms with Crippen LogP contribution >= 0.6 is 0 Å². The third kappa shape index (κ3) is 3.44. The molecule has 0 bridgehead atoms. The van der Waals surface area contributed by atoms with Gasteiger partial charge in [-0.2, -0.15) is 0 Å². The summed E-state index contributed by atoms with van der Waals surface area (Å²) in [5.74, 6) is 1.12. The van der Waals surface area contributed by atoms with E-state index in [-0.39, 0.29) is 0 Å². The second-order valence-electron chi connectivity index (χ2n) is 5.19. The summed E-state index contributed by atoms with van der Waals surface area (Å²) < 4.78 is 2.09. The van der Waals surface area contributed by atoms with E-state index in [9.17, 15) is 0 Å². The fourth-order valence-electron chi connectivity index (χ4n) is 2.54. The summed E-state index contributed by atoms with van der Waals surface area (Å²) in [5.41, 5.74) is 3.98. The molecule has 1 heterocycles. The van der Waals surface area contributed by atoms with Crippen molar-refractivity contribution in [3.05, 3.63) is 53.1 Å². The fourth-order valence-corrected chi connectivity index (χ4v) is 2.54. The Balaban J connectivity index is 2.26. The lowest BCUT2D eigenvalue weighted by Crippen LogP contribution is -2.24. The minimum Gasteiger partial charge on any atom is -0.338 e. The van der Waals surface area contributed by atoms with E-state index in [0.717, 1.165) is 18.8 Å². The number of hydrogen-bond acceptors (Lipinski definition) is 2. The molecule has 3 heteroatoms. The van der Waals surface area contributed by atoms with E-state index in [1.54, 1.807) is 0 Å². The molecule has 0 radical (unpaired) electrons. The van der Waals surface area contributed by atoms with Crippen molar-refractivity contribution in [2.24, 2.45) is 7.05 Å². The van der Waals surface area contributed by atoms with Gasteiger partial charge in [0.15, 0.2) is 0 Å². The number of rotatable bonds is 5. The molecule has 1 aromatic carbocycles. The lowest BCUT2D eigenvalue weighted by molar-refractivity contribution is 0.528. The van der Waals surface area contributed by atoms with Crippen LogP contribution in [-0.4, -0.2) is 16.1 Å². The number of nitrogens with one attached hydrogen (secondary N) is 1. The maximum Gasteiger partial charge on any atom is 0.110 e. The highest BCUT2D eigenvalue weighted by molar-refractivity contribution is 5.31. The van der Waals surface area contributed by atoms with Crippen LogP contribution in [0.2, 0.25) is 0 Å². The summed E-state index contributed by atoms with van der Waals surface area (Å²) in [7, 11) is 2.05. The Hall–Kier alpha value is -1.61. The molecule has 0 fully saturated rings. The smallest absolute Gasteiger partial charge is 0.110 e. The zero-order valence-corrected chi connectivity index (χ0v) is 12.3. The molecule has 1 atom stereocenters. The number of likely N-dealkylation sites (N-methyl/N-ethyl adjacent to an activating group) is 1. The van der Waals surface area contributed by atoms with Gasteiger partial charge in [-0.15, -0.1) is 0 Å². The van der Waals surface area contributed by atoms with Crippen LogP contribution in [0.5, 0.6) is 0 Å². The largest absolute Gasteiger partial charge is 0.338 e. The molecule has 1 N–H and O–H groups in total. The molecule has 0 amide bonds. The Morgan fingerprint density at radius 1 is 1.21 bits per heavy atom. The van der Waals surface area contributed by atoms with Crippen molar-refractivity contribution in [3.8, 4) is 0 Å². The van der Waals surface area contributed by atoms with Gasteiger partial charge in [-0.25, -0.2) is 4.98 Å². The van der Waals surface area contributed by atoms with E-state index < -0.39 is 0 Å². The van der Waals surface area contributed by atoms with Gasteiger partial charge < -0.3 is 9.88 Å². The van der Waals surface area contributed by atoms with Crippen LogP contribution < -0.4 is 5.32 Å². The second kappa shape index (κ2) is 6.02. The van der Waals surface area contributed by atoms with Crippen LogP contribution in [0.3, 0.4) is 0 Å². The van der Waals surface area contributed by atoms with Gasteiger partial charge in [-0.05, 0) is 26.0 Å². The average Bonchev–Trinajstić information content (AvgIpc) is 2.73. The van der Waals surface area contributed by atoms with Crippen molar-refractivity contribution in [3.63, 3.8) is 0 Å².